The first-order valence-corrected chi connectivity index (χ1v) is 6.08. The minimum absolute atomic E-state index is 0.400. The molecular formula is C14H21NO. The van der Waals surface area contributed by atoms with Crippen LogP contribution in [0.15, 0.2) is 30.3 Å². The smallest absolute Gasteiger partial charge is 0.0724 e. The van der Waals surface area contributed by atoms with Gasteiger partial charge in [0, 0.05) is 20.2 Å². The molecule has 1 heterocycles. The quantitative estimate of drug-likeness (QED) is 0.774. The molecule has 1 fully saturated rings. The fourth-order valence-corrected chi connectivity index (χ4v) is 2.39. The summed E-state index contributed by atoms with van der Waals surface area (Å²) in [5.74, 6) is 0.692. The van der Waals surface area contributed by atoms with E-state index in [1.807, 2.05) is 7.11 Å². The summed E-state index contributed by atoms with van der Waals surface area (Å²) in [6.07, 6.45) is 1.64. The maximum atomic E-state index is 5.53. The number of likely N-dealkylation sites (tertiary alicyclic amines) is 1. The summed E-state index contributed by atoms with van der Waals surface area (Å²) in [4.78, 5) is 2.49. The van der Waals surface area contributed by atoms with Gasteiger partial charge in [0.25, 0.3) is 0 Å². The topological polar surface area (TPSA) is 12.5 Å². The van der Waals surface area contributed by atoms with Crippen molar-refractivity contribution in [2.24, 2.45) is 5.92 Å². The summed E-state index contributed by atoms with van der Waals surface area (Å²) in [5, 5.41) is 0. The van der Waals surface area contributed by atoms with Gasteiger partial charge in [0.15, 0.2) is 0 Å². The Labute approximate surface area is 98.2 Å². The van der Waals surface area contributed by atoms with E-state index in [9.17, 15) is 0 Å². The molecule has 0 bridgehead atoms. The van der Waals surface area contributed by atoms with E-state index in [2.05, 4.69) is 42.2 Å². The predicted molar refractivity (Wildman–Crippen MR) is 66.3 cm³/mol. The van der Waals surface area contributed by atoms with E-state index in [1.165, 1.54) is 18.5 Å². The van der Waals surface area contributed by atoms with Crippen LogP contribution in [0.1, 0.15) is 18.9 Å². The zero-order valence-electron chi connectivity index (χ0n) is 10.2. The van der Waals surface area contributed by atoms with E-state index in [1.54, 1.807) is 0 Å². The van der Waals surface area contributed by atoms with E-state index in [4.69, 9.17) is 4.74 Å². The van der Waals surface area contributed by atoms with Gasteiger partial charge in [-0.15, -0.1) is 0 Å². The maximum Gasteiger partial charge on any atom is 0.0724 e. The molecule has 0 amide bonds. The number of hydrogen-bond donors (Lipinski definition) is 0. The Morgan fingerprint density at radius 3 is 2.75 bits per heavy atom. The third kappa shape index (κ3) is 2.83. The van der Waals surface area contributed by atoms with Crippen LogP contribution in [0.25, 0.3) is 0 Å². The first-order chi connectivity index (χ1) is 7.79. The Balaban J connectivity index is 1.92. The summed E-state index contributed by atoms with van der Waals surface area (Å²) in [5.41, 5.74) is 1.40. The van der Waals surface area contributed by atoms with Crippen LogP contribution in [-0.2, 0) is 11.3 Å². The van der Waals surface area contributed by atoms with Crippen molar-refractivity contribution in [3.05, 3.63) is 35.9 Å². The highest BCUT2D eigenvalue weighted by molar-refractivity contribution is 5.14. The number of nitrogens with zero attached hydrogens (tertiary/aromatic N) is 1. The van der Waals surface area contributed by atoms with E-state index in [0.29, 0.717) is 12.0 Å². The largest absolute Gasteiger partial charge is 0.380 e. The van der Waals surface area contributed by atoms with E-state index in [0.717, 1.165) is 13.1 Å². The molecule has 2 atom stereocenters. The minimum Gasteiger partial charge on any atom is -0.380 e. The summed E-state index contributed by atoms with van der Waals surface area (Å²) in [6, 6.07) is 10.7. The van der Waals surface area contributed by atoms with Crippen LogP contribution in [0, 0.1) is 5.92 Å². The molecule has 2 nitrogen and oxygen atoms in total. The lowest BCUT2D eigenvalue weighted by atomic mass is 9.95. The van der Waals surface area contributed by atoms with Crippen molar-refractivity contribution in [2.75, 3.05) is 20.2 Å². The SMILES string of the molecule is CO[C@H]1CN(Cc2ccccc2)CC[C@H]1C. The second-order valence-corrected chi connectivity index (χ2v) is 4.76. The highest BCUT2D eigenvalue weighted by Crippen LogP contribution is 2.20. The Bertz CT molecular complexity index is 312. The summed E-state index contributed by atoms with van der Waals surface area (Å²) in [7, 11) is 1.83. The highest BCUT2D eigenvalue weighted by Gasteiger charge is 2.25. The van der Waals surface area contributed by atoms with Gasteiger partial charge in [0.1, 0.15) is 0 Å². The molecule has 1 saturated heterocycles. The molecule has 88 valence electrons. The van der Waals surface area contributed by atoms with Crippen LogP contribution < -0.4 is 0 Å². The molecule has 1 aliphatic rings. The molecule has 0 N–H and O–H groups in total. The molecule has 1 aliphatic heterocycles. The van der Waals surface area contributed by atoms with Gasteiger partial charge in [-0.3, -0.25) is 4.90 Å². The molecule has 1 aromatic carbocycles. The summed E-state index contributed by atoms with van der Waals surface area (Å²) < 4.78 is 5.53. The third-order valence-corrected chi connectivity index (χ3v) is 3.53. The zero-order chi connectivity index (χ0) is 11.4. The summed E-state index contributed by atoms with van der Waals surface area (Å²) >= 11 is 0. The van der Waals surface area contributed by atoms with Gasteiger partial charge < -0.3 is 4.74 Å². The Hall–Kier alpha value is -0.860. The number of piperidine rings is 1. The van der Waals surface area contributed by atoms with Crippen LogP contribution in [0.3, 0.4) is 0 Å². The number of hydrogen-bond acceptors (Lipinski definition) is 2. The normalized spacial score (nSPS) is 26.9. The van der Waals surface area contributed by atoms with Crippen LogP contribution in [-0.4, -0.2) is 31.2 Å². The second-order valence-electron chi connectivity index (χ2n) is 4.76. The fourth-order valence-electron chi connectivity index (χ4n) is 2.39. The minimum atomic E-state index is 0.400. The Morgan fingerprint density at radius 1 is 1.31 bits per heavy atom. The number of benzene rings is 1. The molecule has 0 radical (unpaired) electrons. The lowest BCUT2D eigenvalue weighted by molar-refractivity contribution is -0.00744. The van der Waals surface area contributed by atoms with Crippen LogP contribution in [0.5, 0.6) is 0 Å². The Morgan fingerprint density at radius 2 is 2.06 bits per heavy atom. The van der Waals surface area contributed by atoms with Crippen molar-refractivity contribution in [1.29, 1.82) is 0 Å². The van der Waals surface area contributed by atoms with Gasteiger partial charge in [-0.05, 0) is 24.4 Å². The van der Waals surface area contributed by atoms with E-state index in [-0.39, 0.29) is 0 Å². The zero-order valence-corrected chi connectivity index (χ0v) is 10.2. The lowest BCUT2D eigenvalue weighted by Gasteiger charge is -2.36. The Kier molecular flexibility index (Phi) is 3.97. The first-order valence-electron chi connectivity index (χ1n) is 6.08. The van der Waals surface area contributed by atoms with Gasteiger partial charge in [-0.1, -0.05) is 37.3 Å². The van der Waals surface area contributed by atoms with Crippen LogP contribution >= 0.6 is 0 Å². The molecular weight excluding hydrogens is 198 g/mol. The predicted octanol–water partition coefficient (Wildman–Crippen LogP) is 2.54. The van der Waals surface area contributed by atoms with Gasteiger partial charge in [-0.25, -0.2) is 0 Å². The molecule has 0 saturated carbocycles. The molecule has 0 aromatic heterocycles. The van der Waals surface area contributed by atoms with Crippen LogP contribution in [0.4, 0.5) is 0 Å². The maximum absolute atomic E-state index is 5.53. The molecule has 0 spiro atoms. The highest BCUT2D eigenvalue weighted by atomic mass is 16.5. The molecule has 1 aromatic rings. The molecule has 2 rings (SSSR count). The first kappa shape index (κ1) is 11.6. The van der Waals surface area contributed by atoms with Gasteiger partial charge >= 0.3 is 0 Å². The second kappa shape index (κ2) is 5.46. The molecule has 0 unspecified atom stereocenters. The number of rotatable bonds is 3. The van der Waals surface area contributed by atoms with Crippen molar-refractivity contribution < 1.29 is 4.74 Å². The van der Waals surface area contributed by atoms with Gasteiger partial charge in [0.2, 0.25) is 0 Å². The van der Waals surface area contributed by atoms with Gasteiger partial charge in [-0.2, -0.15) is 0 Å². The van der Waals surface area contributed by atoms with Crippen molar-refractivity contribution >= 4 is 0 Å². The van der Waals surface area contributed by atoms with Crippen LogP contribution in [0.2, 0.25) is 0 Å². The van der Waals surface area contributed by atoms with E-state index >= 15 is 0 Å². The molecule has 16 heavy (non-hydrogen) atoms. The molecule has 2 heteroatoms. The van der Waals surface area contributed by atoms with Gasteiger partial charge in [0.05, 0.1) is 6.10 Å². The number of ether oxygens (including phenoxy) is 1. The monoisotopic (exact) mass is 219 g/mol. The van der Waals surface area contributed by atoms with Crippen molar-refractivity contribution in [2.45, 2.75) is 26.0 Å². The van der Waals surface area contributed by atoms with Crippen molar-refractivity contribution in [1.82, 2.24) is 4.90 Å². The van der Waals surface area contributed by atoms with Crippen molar-refractivity contribution in [3.8, 4) is 0 Å². The third-order valence-electron chi connectivity index (χ3n) is 3.53. The fraction of sp³-hybridized carbons (Fsp3) is 0.571. The molecule has 0 aliphatic carbocycles. The van der Waals surface area contributed by atoms with E-state index < -0.39 is 0 Å². The van der Waals surface area contributed by atoms with Crippen molar-refractivity contribution in [3.63, 3.8) is 0 Å². The summed E-state index contributed by atoms with van der Waals surface area (Å²) in [6.45, 7) is 5.59. The average Bonchev–Trinajstić information content (AvgIpc) is 2.33. The number of methoxy groups -OCH3 is 1. The average molecular weight is 219 g/mol. The standard InChI is InChI=1S/C14H21NO/c1-12-8-9-15(11-14(12)16-2)10-13-6-4-3-5-7-13/h3-7,12,14H,8-11H2,1-2H3/t12-,14+/m1/s1. The lowest BCUT2D eigenvalue weighted by Crippen LogP contribution is -2.43.